The highest BCUT2D eigenvalue weighted by Crippen LogP contribution is 2.30. The number of hydrogen-bond donors (Lipinski definition) is 4. The number of nitrogens with zero attached hydrogens (tertiary/aromatic N) is 1. The van der Waals surface area contributed by atoms with Crippen LogP contribution in [0.5, 0.6) is 0 Å². The summed E-state index contributed by atoms with van der Waals surface area (Å²) in [6, 6.07) is 19.1. The Kier molecular flexibility index (Phi) is 8.89. The molecule has 0 radical (unpaired) electrons. The normalized spacial score (nSPS) is 16.5. The van der Waals surface area contributed by atoms with E-state index in [4.69, 9.17) is 25.2 Å². The van der Waals surface area contributed by atoms with E-state index in [-0.39, 0.29) is 6.10 Å². The van der Waals surface area contributed by atoms with E-state index in [1.807, 2.05) is 6.07 Å². The zero-order valence-corrected chi connectivity index (χ0v) is 17.7. The van der Waals surface area contributed by atoms with Gasteiger partial charge < -0.3 is 25.2 Å². The fourth-order valence-electron chi connectivity index (χ4n) is 3.34. The van der Waals surface area contributed by atoms with Crippen LogP contribution in [0, 0.1) is 0 Å². The van der Waals surface area contributed by atoms with Gasteiger partial charge in [0.1, 0.15) is 6.10 Å². The van der Waals surface area contributed by atoms with Gasteiger partial charge in [0, 0.05) is 13.1 Å². The molecule has 9 heteroatoms. The van der Waals surface area contributed by atoms with Gasteiger partial charge in [0.05, 0.1) is 19.4 Å². The number of hydrogen-bond acceptors (Lipinski definition) is 6. The molecule has 0 fully saturated rings. The summed E-state index contributed by atoms with van der Waals surface area (Å²) in [4.78, 5) is 32.8. The minimum Gasteiger partial charge on any atom is -0.481 e. The van der Waals surface area contributed by atoms with Gasteiger partial charge in [-0.1, -0.05) is 54.6 Å². The van der Waals surface area contributed by atoms with Crippen LogP contribution in [-0.2, 0) is 25.7 Å². The average Bonchev–Trinajstić information content (AvgIpc) is 2.70. The molecule has 0 bridgehead atoms. The van der Waals surface area contributed by atoms with Crippen LogP contribution in [0.1, 0.15) is 35.6 Å². The van der Waals surface area contributed by atoms with Crippen molar-refractivity contribution in [3.8, 4) is 0 Å². The standard InChI is InChI=1S/C17H19NO.C6H8O7/c1-18-11-12-19-17(14-7-3-2-4-8-14)16-10-6-5-9-15(16)13-18;7-3(8)1-6(13,5(11)12)2-4(9)10/h2-10,17H,11-13H2,1H3;13H,1-2H2,(H,7,8)(H,9,10)(H,11,12). The van der Waals surface area contributed by atoms with Crippen LogP contribution in [-0.4, -0.2) is 69.0 Å². The van der Waals surface area contributed by atoms with Gasteiger partial charge in [-0.2, -0.15) is 0 Å². The van der Waals surface area contributed by atoms with Crippen LogP contribution >= 0.6 is 0 Å². The largest absolute Gasteiger partial charge is 0.481 e. The molecule has 1 aliphatic heterocycles. The molecule has 2 aromatic rings. The monoisotopic (exact) mass is 445 g/mol. The van der Waals surface area contributed by atoms with Gasteiger partial charge >= 0.3 is 17.9 Å². The fraction of sp³-hybridized carbons (Fsp3) is 0.348. The molecule has 32 heavy (non-hydrogen) atoms. The Morgan fingerprint density at radius 3 is 2.09 bits per heavy atom. The van der Waals surface area contributed by atoms with Gasteiger partial charge in [-0.15, -0.1) is 0 Å². The molecule has 1 heterocycles. The highest BCUT2D eigenvalue weighted by atomic mass is 16.5. The van der Waals surface area contributed by atoms with E-state index >= 15 is 0 Å². The van der Waals surface area contributed by atoms with Gasteiger partial charge in [0.25, 0.3) is 0 Å². The Balaban J connectivity index is 0.000000247. The number of carboxylic acids is 3. The van der Waals surface area contributed by atoms with Gasteiger partial charge in [0.2, 0.25) is 0 Å². The van der Waals surface area contributed by atoms with E-state index < -0.39 is 36.4 Å². The third kappa shape index (κ3) is 7.16. The molecular formula is C23H27NO8. The molecule has 4 N–H and O–H groups in total. The van der Waals surface area contributed by atoms with Gasteiger partial charge in [-0.25, -0.2) is 4.79 Å². The molecule has 3 rings (SSSR count). The number of likely N-dealkylation sites (N-methyl/N-ethyl adjacent to an activating group) is 1. The van der Waals surface area contributed by atoms with Crippen LogP contribution in [0.25, 0.3) is 0 Å². The predicted octanol–water partition coefficient (Wildman–Crippen LogP) is 1.99. The van der Waals surface area contributed by atoms with Crippen LogP contribution < -0.4 is 0 Å². The number of aliphatic carboxylic acids is 3. The average molecular weight is 445 g/mol. The first kappa shape index (κ1) is 25.0. The summed E-state index contributed by atoms with van der Waals surface area (Å²) in [6.07, 6.45) is -2.23. The molecule has 172 valence electrons. The molecule has 0 saturated carbocycles. The fourth-order valence-corrected chi connectivity index (χ4v) is 3.34. The van der Waals surface area contributed by atoms with Gasteiger partial charge in [-0.05, 0) is 23.7 Å². The lowest BCUT2D eigenvalue weighted by Gasteiger charge is -2.28. The van der Waals surface area contributed by atoms with Gasteiger partial charge in [-0.3, -0.25) is 14.5 Å². The summed E-state index contributed by atoms with van der Waals surface area (Å²) >= 11 is 0. The Bertz CT molecular complexity index is 915. The number of fused-ring (bicyclic) bond motifs is 1. The molecule has 1 aliphatic rings. The Morgan fingerprint density at radius 2 is 1.53 bits per heavy atom. The number of benzene rings is 2. The molecule has 2 aromatic carbocycles. The summed E-state index contributed by atoms with van der Waals surface area (Å²) < 4.78 is 6.12. The summed E-state index contributed by atoms with van der Waals surface area (Å²) in [5.41, 5.74) is 1.15. The van der Waals surface area contributed by atoms with Crippen molar-refractivity contribution in [2.75, 3.05) is 20.2 Å². The van der Waals surface area contributed by atoms with Crippen LogP contribution in [0.3, 0.4) is 0 Å². The molecule has 1 atom stereocenters. The summed E-state index contributed by atoms with van der Waals surface area (Å²) in [7, 11) is 2.14. The molecule has 1 unspecified atom stereocenters. The molecule has 0 saturated heterocycles. The maximum Gasteiger partial charge on any atom is 0.336 e. The third-order valence-corrected chi connectivity index (χ3v) is 4.92. The lowest BCUT2D eigenvalue weighted by Crippen LogP contribution is -2.42. The van der Waals surface area contributed by atoms with Crippen molar-refractivity contribution in [3.05, 3.63) is 71.3 Å². The quantitative estimate of drug-likeness (QED) is 0.524. The van der Waals surface area contributed by atoms with E-state index in [1.165, 1.54) is 16.7 Å². The van der Waals surface area contributed by atoms with Crippen LogP contribution in [0.15, 0.2) is 54.6 Å². The number of aliphatic hydroxyl groups is 1. The minimum atomic E-state index is -2.74. The first-order valence-corrected chi connectivity index (χ1v) is 9.94. The second-order valence-corrected chi connectivity index (χ2v) is 7.58. The van der Waals surface area contributed by atoms with E-state index in [1.54, 1.807) is 0 Å². The van der Waals surface area contributed by atoms with Crippen molar-refractivity contribution in [1.82, 2.24) is 4.90 Å². The Labute approximate surface area is 185 Å². The zero-order valence-electron chi connectivity index (χ0n) is 17.7. The topological polar surface area (TPSA) is 145 Å². The highest BCUT2D eigenvalue weighted by molar-refractivity contribution is 5.88. The second kappa shape index (κ2) is 11.4. The molecule has 0 aromatic heterocycles. The first-order valence-electron chi connectivity index (χ1n) is 9.94. The summed E-state index contributed by atoms with van der Waals surface area (Å²) in [5.74, 6) is -5.02. The van der Waals surface area contributed by atoms with E-state index in [0.717, 1.165) is 19.7 Å². The molecule has 0 amide bonds. The van der Waals surface area contributed by atoms with Crippen molar-refractivity contribution in [2.24, 2.45) is 0 Å². The summed E-state index contributed by atoms with van der Waals surface area (Å²) in [5, 5.41) is 33.8. The minimum absolute atomic E-state index is 0.0612. The SMILES string of the molecule is CN1CCOC(c2ccccc2)c2ccccc2C1.O=C(O)CC(O)(CC(=O)O)C(=O)O. The van der Waals surface area contributed by atoms with Crippen molar-refractivity contribution < 1.29 is 39.5 Å². The first-order chi connectivity index (χ1) is 15.1. The van der Waals surface area contributed by atoms with Crippen LogP contribution in [0.2, 0.25) is 0 Å². The second-order valence-electron chi connectivity index (χ2n) is 7.58. The van der Waals surface area contributed by atoms with Crippen LogP contribution in [0.4, 0.5) is 0 Å². The Hall–Kier alpha value is -3.27. The number of carboxylic acid groups (broad SMARTS) is 3. The molecular weight excluding hydrogens is 418 g/mol. The smallest absolute Gasteiger partial charge is 0.336 e. The molecule has 0 aliphatic carbocycles. The maximum absolute atomic E-state index is 10.3. The van der Waals surface area contributed by atoms with Gasteiger partial charge in [0.15, 0.2) is 5.60 Å². The van der Waals surface area contributed by atoms with E-state index in [2.05, 4.69) is 60.5 Å². The highest BCUT2D eigenvalue weighted by Gasteiger charge is 2.40. The van der Waals surface area contributed by atoms with Crippen molar-refractivity contribution in [3.63, 3.8) is 0 Å². The van der Waals surface area contributed by atoms with E-state index in [9.17, 15) is 14.4 Å². The maximum atomic E-state index is 10.3. The lowest BCUT2D eigenvalue weighted by atomic mass is 9.96. The van der Waals surface area contributed by atoms with E-state index in [0.29, 0.717) is 0 Å². The summed E-state index contributed by atoms with van der Waals surface area (Å²) in [6.45, 7) is 2.73. The van der Waals surface area contributed by atoms with Crippen molar-refractivity contribution >= 4 is 17.9 Å². The van der Waals surface area contributed by atoms with Crippen molar-refractivity contribution in [2.45, 2.75) is 31.1 Å². The third-order valence-electron chi connectivity index (χ3n) is 4.92. The lowest BCUT2D eigenvalue weighted by molar-refractivity contribution is -0.170. The number of carbonyl (C=O) groups is 3. The number of rotatable bonds is 6. The zero-order chi connectivity index (χ0) is 23.7. The molecule has 0 spiro atoms. The number of ether oxygens (including phenoxy) is 1. The Morgan fingerprint density at radius 1 is 0.969 bits per heavy atom. The van der Waals surface area contributed by atoms with Crippen molar-refractivity contribution in [1.29, 1.82) is 0 Å². The molecule has 9 nitrogen and oxygen atoms in total. The predicted molar refractivity (Wildman–Crippen MR) is 114 cm³/mol.